The number of halogens is 1. The summed E-state index contributed by atoms with van der Waals surface area (Å²) >= 11 is 0. The van der Waals surface area contributed by atoms with Crippen LogP contribution in [-0.2, 0) is 0 Å². The summed E-state index contributed by atoms with van der Waals surface area (Å²) in [5.41, 5.74) is 2.64. The van der Waals surface area contributed by atoms with Crippen molar-refractivity contribution in [2.75, 3.05) is 23.3 Å². The minimum Gasteiger partial charge on any atom is -0.382 e. The average Bonchev–Trinajstić information content (AvgIpc) is 2.56. The summed E-state index contributed by atoms with van der Waals surface area (Å²) in [5.74, 6) is -0.582. The highest BCUT2D eigenvalue weighted by atomic mass is 19.1. The van der Waals surface area contributed by atoms with Crippen LogP contribution < -0.4 is 10.2 Å². The molecule has 24 heavy (non-hydrogen) atoms. The molecule has 2 aromatic rings. The lowest BCUT2D eigenvalue weighted by Crippen LogP contribution is -2.39. The van der Waals surface area contributed by atoms with Gasteiger partial charge in [-0.2, -0.15) is 0 Å². The molecular formula is C18H20FN3O2. The fourth-order valence-corrected chi connectivity index (χ4v) is 3.15. The second kappa shape index (κ2) is 6.86. The summed E-state index contributed by atoms with van der Waals surface area (Å²) in [6, 6.07) is 12.3. The van der Waals surface area contributed by atoms with Crippen LogP contribution in [0, 0.1) is 22.9 Å². The first-order valence-electron chi connectivity index (χ1n) is 8.05. The third kappa shape index (κ3) is 3.64. The van der Waals surface area contributed by atoms with Gasteiger partial charge in [-0.05, 0) is 49.6 Å². The quantitative estimate of drug-likeness (QED) is 0.677. The Hall–Kier alpha value is -2.63. The SMILES string of the molecule is Cc1cccc(NC2CCN(c3ccc(F)cc3[N+](=O)[O-])CC2)c1. The predicted molar refractivity (Wildman–Crippen MR) is 93.1 cm³/mol. The summed E-state index contributed by atoms with van der Waals surface area (Å²) in [5, 5.41) is 14.7. The number of nitrogens with zero attached hydrogens (tertiary/aromatic N) is 2. The van der Waals surface area contributed by atoms with Crippen molar-refractivity contribution in [3.05, 3.63) is 64.0 Å². The third-order valence-corrected chi connectivity index (χ3v) is 4.36. The zero-order valence-electron chi connectivity index (χ0n) is 13.5. The van der Waals surface area contributed by atoms with Gasteiger partial charge in [0.05, 0.1) is 11.0 Å². The topological polar surface area (TPSA) is 58.4 Å². The number of nitrogens with one attached hydrogen (secondary N) is 1. The monoisotopic (exact) mass is 329 g/mol. The first kappa shape index (κ1) is 16.2. The van der Waals surface area contributed by atoms with Crippen LogP contribution in [0.15, 0.2) is 42.5 Å². The van der Waals surface area contributed by atoms with Crippen molar-refractivity contribution < 1.29 is 9.31 Å². The van der Waals surface area contributed by atoms with Gasteiger partial charge in [0.2, 0.25) is 0 Å². The molecule has 0 aliphatic carbocycles. The molecule has 5 nitrogen and oxygen atoms in total. The van der Waals surface area contributed by atoms with Crippen LogP contribution in [0.5, 0.6) is 0 Å². The highest BCUT2D eigenvalue weighted by Crippen LogP contribution is 2.31. The smallest absolute Gasteiger partial charge is 0.295 e. The Bertz CT molecular complexity index is 743. The molecule has 0 atom stereocenters. The summed E-state index contributed by atoms with van der Waals surface area (Å²) in [6.07, 6.45) is 1.75. The van der Waals surface area contributed by atoms with Gasteiger partial charge in [-0.3, -0.25) is 10.1 Å². The van der Waals surface area contributed by atoms with Crippen LogP contribution in [-0.4, -0.2) is 24.1 Å². The summed E-state index contributed by atoms with van der Waals surface area (Å²) < 4.78 is 13.3. The van der Waals surface area contributed by atoms with Gasteiger partial charge < -0.3 is 10.2 Å². The number of nitro groups is 1. The van der Waals surface area contributed by atoms with Crippen molar-refractivity contribution in [3.63, 3.8) is 0 Å². The fourth-order valence-electron chi connectivity index (χ4n) is 3.15. The zero-order chi connectivity index (χ0) is 17.1. The maximum Gasteiger partial charge on any atom is 0.295 e. The van der Waals surface area contributed by atoms with E-state index in [4.69, 9.17) is 0 Å². The van der Waals surface area contributed by atoms with Gasteiger partial charge in [-0.15, -0.1) is 0 Å². The second-order valence-corrected chi connectivity index (χ2v) is 6.17. The molecule has 0 amide bonds. The number of anilines is 2. The Morgan fingerprint density at radius 2 is 1.96 bits per heavy atom. The van der Waals surface area contributed by atoms with Gasteiger partial charge in [0.25, 0.3) is 5.69 Å². The lowest BCUT2D eigenvalue weighted by atomic mass is 10.0. The summed E-state index contributed by atoms with van der Waals surface area (Å²) in [6.45, 7) is 3.47. The number of nitro benzene ring substituents is 1. The number of aryl methyl sites for hydroxylation is 1. The lowest BCUT2D eigenvalue weighted by molar-refractivity contribution is -0.384. The third-order valence-electron chi connectivity index (χ3n) is 4.36. The van der Waals surface area contributed by atoms with Crippen molar-refractivity contribution >= 4 is 17.1 Å². The molecule has 0 radical (unpaired) electrons. The van der Waals surface area contributed by atoms with Gasteiger partial charge in [0, 0.05) is 24.8 Å². The van der Waals surface area contributed by atoms with Gasteiger partial charge in [0.1, 0.15) is 11.5 Å². The molecule has 1 aliphatic rings. The summed E-state index contributed by atoms with van der Waals surface area (Å²) in [4.78, 5) is 12.6. The van der Waals surface area contributed by atoms with Gasteiger partial charge in [-0.25, -0.2) is 4.39 Å². The minimum atomic E-state index is -0.582. The molecule has 0 bridgehead atoms. The Balaban J connectivity index is 1.66. The van der Waals surface area contributed by atoms with E-state index in [0.29, 0.717) is 24.8 Å². The van der Waals surface area contributed by atoms with Crippen molar-refractivity contribution in [1.82, 2.24) is 0 Å². The standard InChI is InChI=1S/C18H20FN3O2/c1-13-3-2-4-16(11-13)20-15-7-9-21(10-8-15)17-6-5-14(19)12-18(17)22(23)24/h2-6,11-12,15,20H,7-10H2,1H3. The number of piperidine rings is 1. The minimum absolute atomic E-state index is 0.167. The van der Waals surface area contributed by atoms with Crippen molar-refractivity contribution in [2.45, 2.75) is 25.8 Å². The highest BCUT2D eigenvalue weighted by molar-refractivity contribution is 5.63. The van der Waals surface area contributed by atoms with Crippen LogP contribution in [0.25, 0.3) is 0 Å². The molecule has 6 heteroatoms. The molecule has 3 rings (SSSR count). The number of hydrogen-bond donors (Lipinski definition) is 1. The van der Waals surface area contributed by atoms with Crippen LogP contribution in [0.2, 0.25) is 0 Å². The number of rotatable bonds is 4. The van der Waals surface area contributed by atoms with Crippen molar-refractivity contribution in [3.8, 4) is 0 Å². The van der Waals surface area contributed by atoms with Gasteiger partial charge in [0.15, 0.2) is 0 Å². The Morgan fingerprint density at radius 1 is 1.21 bits per heavy atom. The molecular weight excluding hydrogens is 309 g/mol. The average molecular weight is 329 g/mol. The molecule has 126 valence electrons. The lowest BCUT2D eigenvalue weighted by Gasteiger charge is -2.34. The van der Waals surface area contributed by atoms with Crippen molar-refractivity contribution in [1.29, 1.82) is 0 Å². The Kier molecular flexibility index (Phi) is 4.64. The van der Waals surface area contributed by atoms with Gasteiger partial charge >= 0.3 is 0 Å². The molecule has 0 unspecified atom stereocenters. The van der Waals surface area contributed by atoms with Gasteiger partial charge in [-0.1, -0.05) is 12.1 Å². The highest BCUT2D eigenvalue weighted by Gasteiger charge is 2.25. The Morgan fingerprint density at radius 3 is 2.62 bits per heavy atom. The van der Waals surface area contributed by atoms with E-state index in [1.165, 1.54) is 17.7 Å². The molecule has 1 saturated heterocycles. The molecule has 1 N–H and O–H groups in total. The van der Waals surface area contributed by atoms with Crippen LogP contribution in [0.3, 0.4) is 0 Å². The van der Waals surface area contributed by atoms with E-state index < -0.39 is 10.7 Å². The molecule has 1 fully saturated rings. The van der Waals surface area contributed by atoms with E-state index in [1.54, 1.807) is 0 Å². The van der Waals surface area contributed by atoms with E-state index in [2.05, 4.69) is 24.4 Å². The van der Waals surface area contributed by atoms with E-state index in [1.807, 2.05) is 17.0 Å². The molecule has 0 aromatic heterocycles. The molecule has 0 saturated carbocycles. The summed E-state index contributed by atoms with van der Waals surface area (Å²) in [7, 11) is 0. The largest absolute Gasteiger partial charge is 0.382 e. The molecule has 2 aromatic carbocycles. The van der Waals surface area contributed by atoms with Crippen molar-refractivity contribution in [2.24, 2.45) is 0 Å². The van der Waals surface area contributed by atoms with E-state index in [9.17, 15) is 14.5 Å². The van der Waals surface area contributed by atoms with Crippen LogP contribution in [0.1, 0.15) is 18.4 Å². The maximum absolute atomic E-state index is 13.3. The number of benzene rings is 2. The molecule has 1 aliphatic heterocycles. The first-order chi connectivity index (χ1) is 11.5. The Labute approximate surface area is 140 Å². The molecule has 0 spiro atoms. The normalized spacial score (nSPS) is 15.3. The number of hydrogen-bond acceptors (Lipinski definition) is 4. The van der Waals surface area contributed by atoms with E-state index in [0.717, 1.165) is 24.6 Å². The molecule has 1 heterocycles. The predicted octanol–water partition coefficient (Wildman–Crippen LogP) is 4.12. The van der Waals surface area contributed by atoms with E-state index >= 15 is 0 Å². The first-order valence-corrected chi connectivity index (χ1v) is 8.05. The van der Waals surface area contributed by atoms with Crippen LogP contribution >= 0.6 is 0 Å². The van der Waals surface area contributed by atoms with Crippen LogP contribution in [0.4, 0.5) is 21.5 Å². The maximum atomic E-state index is 13.3. The van der Waals surface area contributed by atoms with E-state index in [-0.39, 0.29) is 5.69 Å². The zero-order valence-corrected chi connectivity index (χ0v) is 13.5. The fraction of sp³-hybridized carbons (Fsp3) is 0.333. The second-order valence-electron chi connectivity index (χ2n) is 6.17.